The van der Waals surface area contributed by atoms with E-state index in [2.05, 4.69) is 0 Å². The molecule has 0 amide bonds. The molecule has 0 aliphatic carbocycles. The van der Waals surface area contributed by atoms with Crippen molar-refractivity contribution in [2.24, 2.45) is 0 Å². The predicted octanol–water partition coefficient (Wildman–Crippen LogP) is 2.22. The Labute approximate surface area is 101 Å². The molecule has 17 heavy (non-hydrogen) atoms. The average molecular weight is 235 g/mol. The fourth-order valence-electron chi connectivity index (χ4n) is 1.44. The lowest BCUT2D eigenvalue weighted by molar-refractivity contribution is -0.117. The number of anilines is 1. The lowest BCUT2D eigenvalue weighted by atomic mass is 10.1. The number of nitrogens with two attached hydrogens (primary N) is 1. The van der Waals surface area contributed by atoms with Gasteiger partial charge in [0.1, 0.15) is 11.5 Å². The summed E-state index contributed by atoms with van der Waals surface area (Å²) in [5, 5.41) is 0. The van der Waals surface area contributed by atoms with E-state index in [4.69, 9.17) is 10.5 Å². The van der Waals surface area contributed by atoms with Crippen molar-refractivity contribution in [3.05, 3.63) is 23.8 Å². The lowest BCUT2D eigenvalue weighted by Crippen LogP contribution is -2.03. The fourth-order valence-corrected chi connectivity index (χ4v) is 1.44. The molecule has 0 saturated carbocycles. The molecule has 0 radical (unpaired) electrons. The molecule has 2 N–H and O–H groups in total. The predicted molar refractivity (Wildman–Crippen MR) is 66.3 cm³/mol. The minimum Gasteiger partial charge on any atom is -0.494 e. The van der Waals surface area contributed by atoms with Crippen LogP contribution in [0.25, 0.3) is 0 Å². The Balaban J connectivity index is 2.57. The van der Waals surface area contributed by atoms with Crippen LogP contribution in [0.3, 0.4) is 0 Å². The zero-order valence-electron chi connectivity index (χ0n) is 10.2. The van der Waals surface area contributed by atoms with Crippen LogP contribution in [-0.4, -0.2) is 18.2 Å². The van der Waals surface area contributed by atoms with Crippen LogP contribution < -0.4 is 10.5 Å². The number of benzene rings is 1. The van der Waals surface area contributed by atoms with Gasteiger partial charge in [-0.3, -0.25) is 4.79 Å². The van der Waals surface area contributed by atoms with Gasteiger partial charge in [-0.15, -0.1) is 0 Å². The Morgan fingerprint density at radius 2 is 2.00 bits per heavy atom. The Kier molecular flexibility index (Phi) is 4.69. The molecule has 0 heterocycles. The van der Waals surface area contributed by atoms with E-state index in [1.54, 1.807) is 25.1 Å². The zero-order valence-corrected chi connectivity index (χ0v) is 10.2. The van der Waals surface area contributed by atoms with Gasteiger partial charge in [0.05, 0.1) is 6.61 Å². The first kappa shape index (κ1) is 13.2. The van der Waals surface area contributed by atoms with Crippen LogP contribution >= 0.6 is 0 Å². The molecule has 0 fully saturated rings. The maximum absolute atomic E-state index is 11.3. The summed E-state index contributed by atoms with van der Waals surface area (Å²) in [4.78, 5) is 22.0. The van der Waals surface area contributed by atoms with E-state index >= 15 is 0 Å². The second-order valence-electron chi connectivity index (χ2n) is 3.96. The molecule has 4 heteroatoms. The van der Waals surface area contributed by atoms with Crippen molar-refractivity contribution in [2.75, 3.05) is 12.3 Å². The lowest BCUT2D eigenvalue weighted by Gasteiger charge is -2.08. The van der Waals surface area contributed by atoms with Crippen LogP contribution in [0.5, 0.6) is 5.75 Å². The summed E-state index contributed by atoms with van der Waals surface area (Å²) >= 11 is 0. The van der Waals surface area contributed by atoms with Gasteiger partial charge in [-0.2, -0.15) is 0 Å². The fraction of sp³-hybridized carbons (Fsp3) is 0.385. The third kappa shape index (κ3) is 4.26. The number of Topliss-reactive ketones (excluding diaryl/α,β-unsaturated/α-hetero) is 2. The van der Waals surface area contributed by atoms with Crippen LogP contribution in [-0.2, 0) is 4.79 Å². The number of carbonyl (C=O) groups excluding carboxylic acids is 2. The normalized spacial score (nSPS) is 10.0. The number of ketones is 2. The summed E-state index contributed by atoms with van der Waals surface area (Å²) in [6.07, 6.45) is 1.18. The first-order valence-corrected chi connectivity index (χ1v) is 5.53. The van der Waals surface area contributed by atoms with Crippen molar-refractivity contribution >= 4 is 17.3 Å². The SMILES string of the molecule is CC(=O)CCCOc1ccc(N)c(C(C)=O)c1. The molecule has 0 aliphatic rings. The number of carbonyl (C=O) groups is 2. The highest BCUT2D eigenvalue weighted by molar-refractivity contribution is 5.99. The summed E-state index contributed by atoms with van der Waals surface area (Å²) < 4.78 is 5.44. The molecular formula is C13H17NO3. The van der Waals surface area contributed by atoms with Crippen molar-refractivity contribution in [3.8, 4) is 5.75 Å². The topological polar surface area (TPSA) is 69.4 Å². The zero-order chi connectivity index (χ0) is 12.8. The van der Waals surface area contributed by atoms with E-state index < -0.39 is 0 Å². The van der Waals surface area contributed by atoms with Crippen molar-refractivity contribution in [2.45, 2.75) is 26.7 Å². The summed E-state index contributed by atoms with van der Waals surface area (Å²) in [7, 11) is 0. The molecule has 0 spiro atoms. The van der Waals surface area contributed by atoms with Gasteiger partial charge >= 0.3 is 0 Å². The van der Waals surface area contributed by atoms with Crippen molar-refractivity contribution < 1.29 is 14.3 Å². The summed E-state index contributed by atoms with van der Waals surface area (Å²) in [5.41, 5.74) is 6.58. The maximum atomic E-state index is 11.3. The smallest absolute Gasteiger partial charge is 0.162 e. The molecule has 0 bridgehead atoms. The van der Waals surface area contributed by atoms with Crippen molar-refractivity contribution in [1.29, 1.82) is 0 Å². The molecule has 0 saturated heterocycles. The minimum absolute atomic E-state index is 0.0864. The highest BCUT2D eigenvalue weighted by Crippen LogP contribution is 2.20. The third-order valence-corrected chi connectivity index (χ3v) is 2.35. The van der Waals surface area contributed by atoms with Crippen molar-refractivity contribution in [3.63, 3.8) is 0 Å². The minimum atomic E-state index is -0.0864. The monoisotopic (exact) mass is 235 g/mol. The van der Waals surface area contributed by atoms with Gasteiger partial charge in [0.25, 0.3) is 0 Å². The molecule has 0 unspecified atom stereocenters. The van der Waals surface area contributed by atoms with E-state index in [9.17, 15) is 9.59 Å². The first-order valence-electron chi connectivity index (χ1n) is 5.53. The Morgan fingerprint density at radius 1 is 1.29 bits per heavy atom. The molecule has 1 aromatic rings. The van der Waals surface area contributed by atoms with Gasteiger partial charge in [-0.05, 0) is 38.5 Å². The second kappa shape index (κ2) is 6.03. The van der Waals surface area contributed by atoms with Gasteiger partial charge in [0.2, 0.25) is 0 Å². The van der Waals surface area contributed by atoms with E-state index in [0.717, 1.165) is 0 Å². The van der Waals surface area contributed by atoms with Gasteiger partial charge in [0.15, 0.2) is 5.78 Å². The van der Waals surface area contributed by atoms with Gasteiger partial charge in [-0.1, -0.05) is 0 Å². The summed E-state index contributed by atoms with van der Waals surface area (Å²) in [5.74, 6) is 0.667. The van der Waals surface area contributed by atoms with Crippen LogP contribution in [0.15, 0.2) is 18.2 Å². The highest BCUT2D eigenvalue weighted by Gasteiger charge is 2.06. The van der Waals surface area contributed by atoms with E-state index in [1.165, 1.54) is 6.92 Å². The summed E-state index contributed by atoms with van der Waals surface area (Å²) in [6.45, 7) is 3.48. The van der Waals surface area contributed by atoms with Gasteiger partial charge in [-0.25, -0.2) is 0 Å². The summed E-state index contributed by atoms with van der Waals surface area (Å²) in [6, 6.07) is 5.00. The van der Waals surface area contributed by atoms with E-state index in [0.29, 0.717) is 36.4 Å². The first-order chi connectivity index (χ1) is 8.00. The van der Waals surface area contributed by atoms with Crippen LogP contribution in [0.2, 0.25) is 0 Å². The molecule has 0 aliphatic heterocycles. The highest BCUT2D eigenvalue weighted by atomic mass is 16.5. The standard InChI is InChI=1S/C13H17NO3/c1-9(15)4-3-7-17-11-5-6-13(14)12(8-11)10(2)16/h5-6,8H,3-4,7,14H2,1-2H3. The molecule has 1 rings (SSSR count). The van der Waals surface area contributed by atoms with Crippen LogP contribution in [0.4, 0.5) is 5.69 Å². The largest absolute Gasteiger partial charge is 0.494 e. The van der Waals surface area contributed by atoms with Crippen LogP contribution in [0, 0.1) is 0 Å². The second-order valence-corrected chi connectivity index (χ2v) is 3.96. The van der Waals surface area contributed by atoms with E-state index in [1.807, 2.05) is 0 Å². The van der Waals surface area contributed by atoms with Gasteiger partial charge in [0, 0.05) is 17.7 Å². The third-order valence-electron chi connectivity index (χ3n) is 2.35. The maximum Gasteiger partial charge on any atom is 0.162 e. The van der Waals surface area contributed by atoms with Gasteiger partial charge < -0.3 is 15.3 Å². The number of hydrogen-bond acceptors (Lipinski definition) is 4. The molecule has 0 atom stereocenters. The Hall–Kier alpha value is -1.84. The molecule has 0 aromatic heterocycles. The number of hydrogen-bond donors (Lipinski definition) is 1. The molecule has 92 valence electrons. The Bertz CT molecular complexity index is 427. The average Bonchev–Trinajstić information content (AvgIpc) is 2.25. The number of rotatable bonds is 6. The number of nitrogen functional groups attached to an aromatic ring is 1. The molecule has 4 nitrogen and oxygen atoms in total. The Morgan fingerprint density at radius 3 is 2.59 bits per heavy atom. The van der Waals surface area contributed by atoms with E-state index in [-0.39, 0.29) is 11.6 Å². The number of ether oxygens (including phenoxy) is 1. The van der Waals surface area contributed by atoms with Crippen LogP contribution in [0.1, 0.15) is 37.0 Å². The molecular weight excluding hydrogens is 218 g/mol. The molecule has 1 aromatic carbocycles. The quantitative estimate of drug-likeness (QED) is 0.466. The van der Waals surface area contributed by atoms with Crippen molar-refractivity contribution in [1.82, 2.24) is 0 Å².